The first-order valence-corrected chi connectivity index (χ1v) is 9.80. The van der Waals surface area contributed by atoms with Gasteiger partial charge in [0.05, 0.1) is 12.0 Å². The van der Waals surface area contributed by atoms with E-state index in [0.29, 0.717) is 22.4 Å². The van der Waals surface area contributed by atoms with E-state index < -0.39 is 28.2 Å². The summed E-state index contributed by atoms with van der Waals surface area (Å²) in [4.78, 5) is 37.0. The molecule has 0 saturated carbocycles. The summed E-state index contributed by atoms with van der Waals surface area (Å²) < 4.78 is 10.6. The number of carbonyl (C=O) groups is 2. The number of rotatable bonds is 6. The minimum absolute atomic E-state index is 0.0267. The molecule has 7 heteroatoms. The Hall–Kier alpha value is -4.26. The quantitative estimate of drug-likeness (QED) is 0.190. The van der Waals surface area contributed by atoms with Crippen LogP contribution in [0.5, 0.6) is 5.75 Å². The molecule has 0 aliphatic carbocycles. The fourth-order valence-electron chi connectivity index (χ4n) is 4.34. The van der Waals surface area contributed by atoms with Crippen molar-refractivity contribution in [2.45, 2.75) is 11.3 Å². The van der Waals surface area contributed by atoms with Crippen LogP contribution in [0.15, 0.2) is 91.0 Å². The van der Waals surface area contributed by atoms with Gasteiger partial charge in [0.1, 0.15) is 11.2 Å². The molecule has 1 heterocycles. The Kier molecular flexibility index (Phi) is 5.32. The summed E-state index contributed by atoms with van der Waals surface area (Å²) >= 11 is 0. The van der Waals surface area contributed by atoms with Crippen LogP contribution in [0.4, 0.5) is 5.69 Å². The number of para-hydroxylation sites is 1. The number of nitrogens with zero attached hydrogens (tertiary/aromatic N) is 1. The number of carbonyl (C=O) groups excluding carboxylic acids is 2. The lowest BCUT2D eigenvalue weighted by atomic mass is 9.62. The van der Waals surface area contributed by atoms with Crippen molar-refractivity contribution >= 4 is 17.6 Å². The number of ether oxygens (including phenoxy) is 2. The van der Waals surface area contributed by atoms with Crippen molar-refractivity contribution in [1.29, 1.82) is 0 Å². The van der Waals surface area contributed by atoms with Crippen LogP contribution in [-0.2, 0) is 19.7 Å². The Morgan fingerprint density at radius 3 is 2.28 bits per heavy atom. The molecule has 160 valence electrons. The van der Waals surface area contributed by atoms with E-state index in [2.05, 4.69) is 6.58 Å². The van der Waals surface area contributed by atoms with Crippen LogP contribution in [0, 0.1) is 10.1 Å². The Balaban J connectivity index is 2.05. The number of esters is 2. The van der Waals surface area contributed by atoms with E-state index in [1.807, 2.05) is 6.07 Å². The highest BCUT2D eigenvalue weighted by molar-refractivity contribution is 6.00. The SMILES string of the molecule is C=C(C(=O)OC)[C@@H](c1ccc([N+](=O)[O-])cc1)[C@@]1(c2ccccc2)C(=O)Oc2ccccc21. The number of benzene rings is 3. The molecule has 4 rings (SSSR count). The smallest absolute Gasteiger partial charge is 0.333 e. The fraction of sp³-hybridized carbons (Fsp3) is 0.120. The molecule has 0 N–H and O–H groups in total. The molecule has 0 fully saturated rings. The number of hydrogen-bond donors (Lipinski definition) is 0. The van der Waals surface area contributed by atoms with Crippen LogP contribution in [0.25, 0.3) is 0 Å². The maximum atomic E-state index is 13.6. The largest absolute Gasteiger partial charge is 0.466 e. The molecule has 32 heavy (non-hydrogen) atoms. The van der Waals surface area contributed by atoms with Gasteiger partial charge in [0, 0.05) is 29.2 Å². The minimum Gasteiger partial charge on any atom is -0.466 e. The van der Waals surface area contributed by atoms with Gasteiger partial charge >= 0.3 is 11.9 Å². The number of non-ortho nitro benzene ring substituents is 1. The zero-order valence-electron chi connectivity index (χ0n) is 17.2. The third-order valence-electron chi connectivity index (χ3n) is 5.73. The van der Waals surface area contributed by atoms with Crippen molar-refractivity contribution in [3.8, 4) is 5.75 Å². The van der Waals surface area contributed by atoms with Crippen molar-refractivity contribution in [3.05, 3.63) is 118 Å². The first-order chi connectivity index (χ1) is 15.4. The van der Waals surface area contributed by atoms with E-state index in [4.69, 9.17) is 9.47 Å². The van der Waals surface area contributed by atoms with Crippen LogP contribution in [0.2, 0.25) is 0 Å². The third-order valence-corrected chi connectivity index (χ3v) is 5.73. The maximum Gasteiger partial charge on any atom is 0.333 e. The van der Waals surface area contributed by atoms with Crippen molar-refractivity contribution in [1.82, 2.24) is 0 Å². The summed E-state index contributed by atoms with van der Waals surface area (Å²) in [6, 6.07) is 21.7. The second kappa shape index (κ2) is 8.11. The molecule has 1 aliphatic heterocycles. The van der Waals surface area contributed by atoms with E-state index in [-0.39, 0.29) is 11.3 Å². The highest BCUT2D eigenvalue weighted by Gasteiger charge is 2.57. The normalized spacial score (nSPS) is 17.7. The molecule has 3 aromatic carbocycles. The van der Waals surface area contributed by atoms with Gasteiger partial charge in [-0.15, -0.1) is 0 Å². The van der Waals surface area contributed by atoms with E-state index in [0.717, 1.165) is 0 Å². The molecule has 0 bridgehead atoms. The van der Waals surface area contributed by atoms with Gasteiger partial charge in [-0.25, -0.2) is 4.79 Å². The zero-order chi connectivity index (χ0) is 22.9. The van der Waals surface area contributed by atoms with Crippen LogP contribution >= 0.6 is 0 Å². The van der Waals surface area contributed by atoms with Crippen molar-refractivity contribution in [3.63, 3.8) is 0 Å². The number of methoxy groups -OCH3 is 1. The summed E-state index contributed by atoms with van der Waals surface area (Å²) in [7, 11) is 1.23. The fourth-order valence-corrected chi connectivity index (χ4v) is 4.34. The van der Waals surface area contributed by atoms with Crippen LogP contribution in [0.1, 0.15) is 22.6 Å². The van der Waals surface area contributed by atoms with E-state index in [9.17, 15) is 19.7 Å². The second-order valence-corrected chi connectivity index (χ2v) is 7.36. The Morgan fingerprint density at radius 1 is 1.03 bits per heavy atom. The first-order valence-electron chi connectivity index (χ1n) is 9.80. The van der Waals surface area contributed by atoms with Gasteiger partial charge < -0.3 is 9.47 Å². The van der Waals surface area contributed by atoms with Gasteiger partial charge in [0.25, 0.3) is 5.69 Å². The minimum atomic E-state index is -1.45. The van der Waals surface area contributed by atoms with Crippen molar-refractivity contribution in [2.24, 2.45) is 0 Å². The lowest BCUT2D eigenvalue weighted by Gasteiger charge is -2.36. The summed E-state index contributed by atoms with van der Waals surface area (Å²) in [5.74, 6) is -1.82. The van der Waals surface area contributed by atoms with Crippen LogP contribution in [0.3, 0.4) is 0 Å². The Bertz CT molecular complexity index is 1220. The number of fused-ring (bicyclic) bond motifs is 1. The number of nitro groups is 1. The Morgan fingerprint density at radius 2 is 1.66 bits per heavy atom. The lowest BCUT2D eigenvalue weighted by Crippen LogP contribution is -2.43. The molecule has 1 aliphatic rings. The molecular formula is C25H19NO6. The summed E-state index contributed by atoms with van der Waals surface area (Å²) in [6.07, 6.45) is 0. The zero-order valence-corrected chi connectivity index (χ0v) is 17.2. The summed E-state index contributed by atoms with van der Waals surface area (Å²) in [5.41, 5.74) is 0.133. The molecule has 2 atom stereocenters. The predicted molar refractivity (Wildman–Crippen MR) is 116 cm³/mol. The molecule has 0 amide bonds. The summed E-state index contributed by atoms with van der Waals surface area (Å²) in [6.45, 7) is 3.97. The standard InChI is InChI=1S/C25H19NO6/c1-16(23(27)31-2)22(17-12-14-19(15-13-17)26(29)30)25(18-8-4-3-5-9-18)20-10-6-7-11-21(20)32-24(25)28/h3-15,22H,1H2,2H3/t22-,25-/m0/s1. The maximum absolute atomic E-state index is 13.6. The highest BCUT2D eigenvalue weighted by Crippen LogP contribution is 2.55. The van der Waals surface area contributed by atoms with E-state index in [1.54, 1.807) is 48.5 Å². The van der Waals surface area contributed by atoms with E-state index >= 15 is 0 Å². The van der Waals surface area contributed by atoms with Gasteiger partial charge in [-0.2, -0.15) is 0 Å². The first kappa shape index (κ1) is 21.0. The molecule has 0 saturated heterocycles. The summed E-state index contributed by atoms with van der Waals surface area (Å²) in [5, 5.41) is 11.2. The van der Waals surface area contributed by atoms with Crippen molar-refractivity contribution < 1.29 is 24.0 Å². The molecule has 3 aromatic rings. The second-order valence-electron chi connectivity index (χ2n) is 7.36. The molecule has 7 nitrogen and oxygen atoms in total. The average Bonchev–Trinajstić information content (AvgIpc) is 3.12. The Labute approximate surface area is 184 Å². The highest BCUT2D eigenvalue weighted by atomic mass is 16.6. The monoisotopic (exact) mass is 429 g/mol. The molecule has 0 aromatic heterocycles. The lowest BCUT2D eigenvalue weighted by molar-refractivity contribution is -0.384. The van der Waals surface area contributed by atoms with Crippen molar-refractivity contribution in [2.75, 3.05) is 7.11 Å². The molecular weight excluding hydrogens is 410 g/mol. The van der Waals surface area contributed by atoms with Gasteiger partial charge in [-0.3, -0.25) is 14.9 Å². The number of nitro benzene ring substituents is 1. The third kappa shape index (κ3) is 3.15. The van der Waals surface area contributed by atoms with Crippen LogP contribution < -0.4 is 4.74 Å². The molecule has 0 unspecified atom stereocenters. The molecule has 0 spiro atoms. The number of hydrogen-bond acceptors (Lipinski definition) is 6. The van der Waals surface area contributed by atoms with Gasteiger partial charge in [-0.1, -0.05) is 67.2 Å². The predicted octanol–water partition coefficient (Wildman–Crippen LogP) is 4.31. The van der Waals surface area contributed by atoms with E-state index in [1.165, 1.54) is 31.4 Å². The molecule has 0 radical (unpaired) electrons. The average molecular weight is 429 g/mol. The van der Waals surface area contributed by atoms with Gasteiger partial charge in [-0.05, 0) is 17.2 Å². The van der Waals surface area contributed by atoms with Gasteiger partial charge in [0.2, 0.25) is 0 Å². The van der Waals surface area contributed by atoms with Gasteiger partial charge in [0.15, 0.2) is 0 Å². The van der Waals surface area contributed by atoms with Crippen LogP contribution in [-0.4, -0.2) is 24.0 Å². The topological polar surface area (TPSA) is 95.7 Å².